The zero-order chi connectivity index (χ0) is 12.2. The van der Waals surface area contributed by atoms with E-state index in [9.17, 15) is 9.18 Å². The Hall–Kier alpha value is -2.14. The zero-order valence-electron chi connectivity index (χ0n) is 8.81. The lowest BCUT2D eigenvalue weighted by Crippen LogP contribution is -2.34. The second-order valence-electron chi connectivity index (χ2n) is 3.57. The van der Waals surface area contributed by atoms with Crippen LogP contribution in [-0.4, -0.2) is 16.4 Å². The number of pyridine rings is 1. The highest BCUT2D eigenvalue weighted by Crippen LogP contribution is 2.13. The molecule has 1 aromatic rings. The number of nitrogens with one attached hydrogen (secondary N) is 1. The van der Waals surface area contributed by atoms with Gasteiger partial charge in [0.2, 0.25) is 11.9 Å². The molecule has 0 fully saturated rings. The maximum absolute atomic E-state index is 12.5. The monoisotopic (exact) mass is 223 g/mol. The molecular weight excluding hydrogens is 213 g/mol. The molecule has 7 heteroatoms. The van der Waals surface area contributed by atoms with E-state index < -0.39 is 17.4 Å². The molecule has 84 valence electrons. The van der Waals surface area contributed by atoms with Crippen molar-refractivity contribution in [3.05, 3.63) is 34.7 Å². The first-order chi connectivity index (χ1) is 7.45. The first kappa shape index (κ1) is 11.9. The van der Waals surface area contributed by atoms with E-state index in [1.807, 2.05) is 0 Å². The van der Waals surface area contributed by atoms with Gasteiger partial charge < -0.3 is 5.32 Å². The summed E-state index contributed by atoms with van der Waals surface area (Å²) in [4.78, 5) is 17.6. The van der Waals surface area contributed by atoms with Crippen molar-refractivity contribution >= 4 is 11.6 Å². The number of nitrogens with zero attached hydrogens (tertiary/aromatic N) is 4. The van der Waals surface area contributed by atoms with E-state index in [1.54, 1.807) is 0 Å². The van der Waals surface area contributed by atoms with Crippen LogP contribution in [0.25, 0.3) is 10.4 Å². The lowest BCUT2D eigenvalue weighted by molar-refractivity contribution is -0.120. The molecule has 1 amide bonds. The van der Waals surface area contributed by atoms with Gasteiger partial charge in [0.1, 0.15) is 5.54 Å². The molecule has 0 aliphatic heterocycles. The summed E-state index contributed by atoms with van der Waals surface area (Å²) in [5.74, 6) is -1.12. The van der Waals surface area contributed by atoms with Crippen LogP contribution < -0.4 is 5.32 Å². The Morgan fingerprint density at radius 1 is 1.62 bits per heavy atom. The summed E-state index contributed by atoms with van der Waals surface area (Å²) in [5.41, 5.74) is 7.40. The largest absolute Gasteiger partial charge is 0.324 e. The Kier molecular flexibility index (Phi) is 3.42. The topological polar surface area (TPSA) is 90.8 Å². The number of azide groups is 1. The predicted molar refractivity (Wildman–Crippen MR) is 56.0 cm³/mol. The molecule has 1 heterocycles. The highest BCUT2D eigenvalue weighted by atomic mass is 19.1. The number of anilines is 1. The SMILES string of the molecule is CC(C)(N=[N+]=[N-])C(=O)Nc1ccc(F)nc1. The fourth-order valence-electron chi connectivity index (χ4n) is 0.891. The van der Waals surface area contributed by atoms with Crippen molar-refractivity contribution in [3.63, 3.8) is 0 Å². The number of carbonyl (C=O) groups is 1. The first-order valence-electron chi connectivity index (χ1n) is 4.45. The number of carbonyl (C=O) groups excluding carboxylic acids is 1. The van der Waals surface area contributed by atoms with Crippen molar-refractivity contribution in [1.29, 1.82) is 0 Å². The van der Waals surface area contributed by atoms with Crippen LogP contribution in [-0.2, 0) is 4.79 Å². The molecule has 0 radical (unpaired) electrons. The molecule has 6 nitrogen and oxygen atoms in total. The maximum atomic E-state index is 12.5. The van der Waals surface area contributed by atoms with Crippen LogP contribution in [0.3, 0.4) is 0 Å². The molecule has 0 unspecified atom stereocenters. The van der Waals surface area contributed by atoms with Crippen LogP contribution in [0.2, 0.25) is 0 Å². The van der Waals surface area contributed by atoms with E-state index in [0.29, 0.717) is 5.69 Å². The fraction of sp³-hybridized carbons (Fsp3) is 0.333. The van der Waals surface area contributed by atoms with Gasteiger partial charge in [-0.3, -0.25) is 4.79 Å². The van der Waals surface area contributed by atoms with Crippen LogP contribution >= 0.6 is 0 Å². The summed E-state index contributed by atoms with van der Waals surface area (Å²) < 4.78 is 12.5. The van der Waals surface area contributed by atoms with E-state index in [-0.39, 0.29) is 0 Å². The minimum atomic E-state index is -1.21. The molecule has 1 aromatic heterocycles. The van der Waals surface area contributed by atoms with E-state index >= 15 is 0 Å². The fourth-order valence-corrected chi connectivity index (χ4v) is 0.891. The summed E-state index contributed by atoms with van der Waals surface area (Å²) in [6.07, 6.45) is 1.18. The van der Waals surface area contributed by atoms with Gasteiger partial charge in [0.15, 0.2) is 0 Å². The summed E-state index contributed by atoms with van der Waals surface area (Å²) in [6, 6.07) is 2.49. The Morgan fingerprint density at radius 2 is 2.31 bits per heavy atom. The Balaban J connectivity index is 2.78. The Morgan fingerprint density at radius 3 is 2.81 bits per heavy atom. The second kappa shape index (κ2) is 4.59. The lowest BCUT2D eigenvalue weighted by atomic mass is 10.1. The van der Waals surface area contributed by atoms with Gasteiger partial charge in [0.25, 0.3) is 0 Å². The number of hydrogen-bond acceptors (Lipinski definition) is 3. The van der Waals surface area contributed by atoms with E-state index in [4.69, 9.17) is 5.53 Å². The van der Waals surface area contributed by atoms with E-state index in [1.165, 1.54) is 26.1 Å². The molecule has 0 spiro atoms. The highest BCUT2D eigenvalue weighted by Gasteiger charge is 2.26. The van der Waals surface area contributed by atoms with Crippen LogP contribution in [0.4, 0.5) is 10.1 Å². The van der Waals surface area contributed by atoms with Crippen molar-refractivity contribution < 1.29 is 9.18 Å². The quantitative estimate of drug-likeness (QED) is 0.368. The van der Waals surface area contributed by atoms with Crippen LogP contribution in [0.15, 0.2) is 23.4 Å². The normalized spacial score (nSPS) is 10.4. The van der Waals surface area contributed by atoms with Crippen molar-refractivity contribution in [2.75, 3.05) is 5.32 Å². The van der Waals surface area contributed by atoms with E-state index in [0.717, 1.165) is 6.07 Å². The van der Waals surface area contributed by atoms with E-state index in [2.05, 4.69) is 20.3 Å². The molecule has 0 bridgehead atoms. The first-order valence-corrected chi connectivity index (χ1v) is 4.45. The number of hydrogen-bond donors (Lipinski definition) is 1. The maximum Gasteiger partial charge on any atom is 0.235 e. The highest BCUT2D eigenvalue weighted by molar-refractivity contribution is 5.97. The molecule has 0 saturated carbocycles. The van der Waals surface area contributed by atoms with Gasteiger partial charge in [-0.2, -0.15) is 4.39 Å². The van der Waals surface area contributed by atoms with Crippen molar-refractivity contribution in [1.82, 2.24) is 4.98 Å². The smallest absolute Gasteiger partial charge is 0.235 e. The minimum Gasteiger partial charge on any atom is -0.324 e. The van der Waals surface area contributed by atoms with Crippen LogP contribution in [0.5, 0.6) is 0 Å². The average Bonchev–Trinajstić information content (AvgIpc) is 2.21. The third kappa shape index (κ3) is 2.93. The molecular formula is C9H10FN5O. The summed E-state index contributed by atoms with van der Waals surface area (Å²) >= 11 is 0. The predicted octanol–water partition coefficient (Wildman–Crippen LogP) is 2.25. The molecule has 0 saturated heterocycles. The van der Waals surface area contributed by atoms with Gasteiger partial charge in [-0.25, -0.2) is 4.98 Å². The van der Waals surface area contributed by atoms with Crippen LogP contribution in [0.1, 0.15) is 13.8 Å². The molecule has 0 atom stereocenters. The van der Waals surface area contributed by atoms with Gasteiger partial charge >= 0.3 is 0 Å². The zero-order valence-corrected chi connectivity index (χ0v) is 8.81. The molecule has 0 aromatic carbocycles. The number of amides is 1. The number of rotatable bonds is 3. The van der Waals surface area contributed by atoms with Gasteiger partial charge in [0, 0.05) is 4.91 Å². The van der Waals surface area contributed by atoms with Gasteiger partial charge in [-0.05, 0) is 31.5 Å². The van der Waals surface area contributed by atoms with Crippen LogP contribution in [0, 0.1) is 5.95 Å². The second-order valence-corrected chi connectivity index (χ2v) is 3.57. The standard InChI is InChI=1S/C9H10FN5O/c1-9(2,14-15-11)8(16)13-6-3-4-7(10)12-5-6/h3-5H,1-2H3,(H,13,16). The molecule has 0 aliphatic carbocycles. The summed E-state index contributed by atoms with van der Waals surface area (Å²) in [7, 11) is 0. The molecule has 1 N–H and O–H groups in total. The minimum absolute atomic E-state index is 0.340. The summed E-state index contributed by atoms with van der Waals surface area (Å²) in [6.45, 7) is 2.94. The average molecular weight is 223 g/mol. The Bertz CT molecular complexity index is 436. The number of aromatic nitrogens is 1. The Labute approximate surface area is 91.1 Å². The van der Waals surface area contributed by atoms with Gasteiger partial charge in [-0.15, -0.1) is 0 Å². The molecule has 1 rings (SSSR count). The molecule has 16 heavy (non-hydrogen) atoms. The van der Waals surface area contributed by atoms with Crippen molar-refractivity contribution in [2.45, 2.75) is 19.4 Å². The molecule has 0 aliphatic rings. The summed E-state index contributed by atoms with van der Waals surface area (Å²) in [5, 5.41) is 5.81. The van der Waals surface area contributed by atoms with Crippen molar-refractivity contribution in [3.8, 4) is 0 Å². The number of halogens is 1. The third-order valence-corrected chi connectivity index (χ3v) is 1.84. The third-order valence-electron chi connectivity index (χ3n) is 1.84. The van der Waals surface area contributed by atoms with Gasteiger partial charge in [0.05, 0.1) is 11.9 Å². The van der Waals surface area contributed by atoms with Gasteiger partial charge in [-0.1, -0.05) is 5.11 Å². The lowest BCUT2D eigenvalue weighted by Gasteiger charge is -2.16. The van der Waals surface area contributed by atoms with Crippen molar-refractivity contribution in [2.24, 2.45) is 5.11 Å².